The third-order valence-electron chi connectivity index (χ3n) is 3.54. The van der Waals surface area contributed by atoms with Crippen molar-refractivity contribution in [3.8, 4) is 5.75 Å². The van der Waals surface area contributed by atoms with E-state index in [1.807, 2.05) is 12.1 Å². The van der Waals surface area contributed by atoms with Gasteiger partial charge in [0.1, 0.15) is 17.2 Å². The van der Waals surface area contributed by atoms with Crippen LogP contribution in [0.5, 0.6) is 5.75 Å². The van der Waals surface area contributed by atoms with Crippen molar-refractivity contribution >= 4 is 17.3 Å². The highest BCUT2D eigenvalue weighted by Crippen LogP contribution is 2.35. The molecule has 0 spiro atoms. The second kappa shape index (κ2) is 5.23. The lowest BCUT2D eigenvalue weighted by molar-refractivity contribution is 0.138. The number of hydrogen-bond acceptors (Lipinski definition) is 2. The van der Waals surface area contributed by atoms with Gasteiger partial charge in [0.05, 0.1) is 5.69 Å². The van der Waals surface area contributed by atoms with Gasteiger partial charge in [-0.2, -0.15) is 0 Å². The van der Waals surface area contributed by atoms with Gasteiger partial charge in [0.25, 0.3) is 0 Å². The maximum absolute atomic E-state index is 13.7. The van der Waals surface area contributed by atoms with Crippen LogP contribution < -0.4 is 10.1 Å². The lowest BCUT2D eigenvalue weighted by Crippen LogP contribution is -2.24. The number of benzene rings is 2. The SMILES string of the molecule is CC1(C)Cc2cc(CNc3ccc(Cl)cc3F)ccc2O1. The van der Waals surface area contributed by atoms with Crippen LogP contribution in [0, 0.1) is 5.82 Å². The van der Waals surface area contributed by atoms with E-state index >= 15 is 0 Å². The Hall–Kier alpha value is -1.74. The third-order valence-corrected chi connectivity index (χ3v) is 3.78. The zero-order valence-corrected chi connectivity index (χ0v) is 12.8. The Morgan fingerprint density at radius 1 is 1.24 bits per heavy atom. The molecule has 0 aromatic heterocycles. The first-order valence-electron chi connectivity index (χ1n) is 6.93. The molecule has 0 saturated heterocycles. The largest absolute Gasteiger partial charge is 0.487 e. The van der Waals surface area contributed by atoms with E-state index in [-0.39, 0.29) is 11.4 Å². The number of ether oxygens (including phenoxy) is 1. The molecule has 2 aromatic carbocycles. The van der Waals surface area contributed by atoms with Gasteiger partial charge in [-0.1, -0.05) is 23.7 Å². The number of halogens is 2. The first-order valence-corrected chi connectivity index (χ1v) is 7.30. The zero-order chi connectivity index (χ0) is 15.0. The van der Waals surface area contributed by atoms with E-state index < -0.39 is 0 Å². The Bertz CT molecular complexity index is 684. The topological polar surface area (TPSA) is 21.3 Å². The first kappa shape index (κ1) is 14.2. The molecule has 0 fully saturated rings. The fourth-order valence-electron chi connectivity index (χ4n) is 2.60. The Balaban J connectivity index is 1.72. The van der Waals surface area contributed by atoms with E-state index in [0.29, 0.717) is 17.3 Å². The summed E-state index contributed by atoms with van der Waals surface area (Å²) in [6.07, 6.45) is 0.894. The van der Waals surface area contributed by atoms with Crippen LogP contribution in [0.15, 0.2) is 36.4 Å². The van der Waals surface area contributed by atoms with Gasteiger partial charge in [0, 0.05) is 18.0 Å². The fourth-order valence-corrected chi connectivity index (χ4v) is 2.76. The monoisotopic (exact) mass is 305 g/mol. The van der Waals surface area contributed by atoms with E-state index in [2.05, 4.69) is 25.2 Å². The van der Waals surface area contributed by atoms with Gasteiger partial charge < -0.3 is 10.1 Å². The predicted molar refractivity (Wildman–Crippen MR) is 83.6 cm³/mol. The van der Waals surface area contributed by atoms with Crippen LogP contribution in [0.4, 0.5) is 10.1 Å². The smallest absolute Gasteiger partial charge is 0.147 e. The summed E-state index contributed by atoms with van der Waals surface area (Å²) in [6.45, 7) is 4.72. The quantitative estimate of drug-likeness (QED) is 0.879. The van der Waals surface area contributed by atoms with Crippen LogP contribution in [0.3, 0.4) is 0 Å². The highest BCUT2D eigenvalue weighted by Gasteiger charge is 2.29. The van der Waals surface area contributed by atoms with Gasteiger partial charge >= 0.3 is 0 Å². The van der Waals surface area contributed by atoms with Crippen LogP contribution in [-0.4, -0.2) is 5.60 Å². The molecule has 1 aliphatic heterocycles. The van der Waals surface area contributed by atoms with Crippen molar-refractivity contribution in [1.82, 2.24) is 0 Å². The predicted octanol–water partition coefficient (Wildman–Crippen LogP) is 4.80. The van der Waals surface area contributed by atoms with Crippen LogP contribution >= 0.6 is 11.6 Å². The molecule has 110 valence electrons. The van der Waals surface area contributed by atoms with Gasteiger partial charge in [0.2, 0.25) is 0 Å². The highest BCUT2D eigenvalue weighted by molar-refractivity contribution is 6.30. The number of rotatable bonds is 3. The lowest BCUT2D eigenvalue weighted by atomic mass is 10.0. The normalized spacial score (nSPS) is 15.4. The van der Waals surface area contributed by atoms with Gasteiger partial charge in [-0.15, -0.1) is 0 Å². The summed E-state index contributed by atoms with van der Waals surface area (Å²) in [4.78, 5) is 0. The Kier molecular flexibility index (Phi) is 3.54. The van der Waals surface area contributed by atoms with E-state index in [0.717, 1.165) is 17.7 Å². The minimum absolute atomic E-state index is 0.142. The van der Waals surface area contributed by atoms with Crippen molar-refractivity contribution in [1.29, 1.82) is 0 Å². The summed E-state index contributed by atoms with van der Waals surface area (Å²) in [6, 6.07) is 10.7. The van der Waals surface area contributed by atoms with Crippen molar-refractivity contribution in [2.45, 2.75) is 32.4 Å². The summed E-state index contributed by atoms with van der Waals surface area (Å²) in [7, 11) is 0. The molecule has 0 unspecified atom stereocenters. The summed E-state index contributed by atoms with van der Waals surface area (Å²) < 4.78 is 19.6. The average molecular weight is 306 g/mol. The lowest BCUT2D eigenvalue weighted by Gasteiger charge is -2.16. The Morgan fingerprint density at radius 3 is 2.81 bits per heavy atom. The number of hydrogen-bond donors (Lipinski definition) is 1. The Labute approximate surface area is 128 Å². The number of fused-ring (bicyclic) bond motifs is 1. The molecule has 0 atom stereocenters. The van der Waals surface area contributed by atoms with Gasteiger partial charge in [-0.05, 0) is 49.2 Å². The highest BCUT2D eigenvalue weighted by atomic mass is 35.5. The van der Waals surface area contributed by atoms with Crippen molar-refractivity contribution in [2.24, 2.45) is 0 Å². The maximum Gasteiger partial charge on any atom is 0.147 e. The molecule has 1 N–H and O–H groups in total. The molecular weight excluding hydrogens is 289 g/mol. The van der Waals surface area contributed by atoms with Gasteiger partial charge in [0.15, 0.2) is 0 Å². The molecule has 2 aromatic rings. The molecule has 0 saturated carbocycles. The molecule has 4 heteroatoms. The van der Waals surface area contributed by atoms with E-state index in [9.17, 15) is 4.39 Å². The molecule has 0 aliphatic carbocycles. The van der Waals surface area contributed by atoms with Crippen molar-refractivity contribution < 1.29 is 9.13 Å². The van der Waals surface area contributed by atoms with Gasteiger partial charge in [-0.3, -0.25) is 0 Å². The van der Waals surface area contributed by atoms with Crippen LogP contribution in [0.1, 0.15) is 25.0 Å². The van der Waals surface area contributed by atoms with E-state index in [4.69, 9.17) is 16.3 Å². The number of anilines is 1. The summed E-state index contributed by atoms with van der Waals surface area (Å²) in [5.41, 5.74) is 2.62. The molecule has 0 amide bonds. The summed E-state index contributed by atoms with van der Waals surface area (Å²) in [5.74, 6) is 0.606. The first-order chi connectivity index (χ1) is 9.93. The molecule has 0 bridgehead atoms. The molecule has 3 rings (SSSR count). The van der Waals surface area contributed by atoms with Crippen LogP contribution in [0.25, 0.3) is 0 Å². The minimum Gasteiger partial charge on any atom is -0.487 e. The summed E-state index contributed by atoms with van der Waals surface area (Å²) in [5, 5.41) is 3.49. The summed E-state index contributed by atoms with van der Waals surface area (Å²) >= 11 is 5.74. The standard InChI is InChI=1S/C17H17ClFNO/c1-17(2)9-12-7-11(3-6-16(12)21-17)10-20-15-5-4-13(18)8-14(15)19/h3-8,20H,9-10H2,1-2H3. The third kappa shape index (κ3) is 3.13. The molecule has 2 nitrogen and oxygen atoms in total. The number of nitrogens with one attached hydrogen (secondary N) is 1. The molecule has 21 heavy (non-hydrogen) atoms. The van der Waals surface area contributed by atoms with Gasteiger partial charge in [-0.25, -0.2) is 4.39 Å². The minimum atomic E-state index is -0.340. The van der Waals surface area contributed by atoms with E-state index in [1.54, 1.807) is 12.1 Å². The second-order valence-electron chi connectivity index (χ2n) is 5.96. The van der Waals surface area contributed by atoms with Crippen LogP contribution in [-0.2, 0) is 13.0 Å². The van der Waals surface area contributed by atoms with E-state index in [1.165, 1.54) is 11.6 Å². The zero-order valence-electron chi connectivity index (χ0n) is 12.0. The fraction of sp³-hybridized carbons (Fsp3) is 0.294. The van der Waals surface area contributed by atoms with Crippen molar-refractivity contribution in [3.63, 3.8) is 0 Å². The average Bonchev–Trinajstić information content (AvgIpc) is 2.70. The molecular formula is C17H17ClFNO. The van der Waals surface area contributed by atoms with Crippen LogP contribution in [0.2, 0.25) is 5.02 Å². The maximum atomic E-state index is 13.7. The Morgan fingerprint density at radius 2 is 2.05 bits per heavy atom. The molecule has 0 radical (unpaired) electrons. The molecule has 1 heterocycles. The molecule has 1 aliphatic rings. The second-order valence-corrected chi connectivity index (χ2v) is 6.39. The van der Waals surface area contributed by atoms with Crippen molar-refractivity contribution in [3.05, 3.63) is 58.4 Å². The van der Waals surface area contributed by atoms with Crippen molar-refractivity contribution in [2.75, 3.05) is 5.32 Å².